The summed E-state index contributed by atoms with van der Waals surface area (Å²) in [5, 5.41) is 12.4. The molecule has 0 aliphatic heterocycles. The summed E-state index contributed by atoms with van der Waals surface area (Å²) in [4.78, 5) is 14.7. The van der Waals surface area contributed by atoms with Crippen LogP contribution in [0, 0.1) is 10.1 Å². The van der Waals surface area contributed by atoms with Crippen molar-refractivity contribution < 1.29 is 4.92 Å². The van der Waals surface area contributed by atoms with Gasteiger partial charge >= 0.3 is 0 Å². The highest BCUT2D eigenvalue weighted by Gasteiger charge is 2.21. The summed E-state index contributed by atoms with van der Waals surface area (Å²) >= 11 is 6.57. The van der Waals surface area contributed by atoms with Crippen molar-refractivity contribution in [1.82, 2.24) is 4.98 Å². The van der Waals surface area contributed by atoms with E-state index in [9.17, 15) is 10.1 Å². The molecule has 6 heteroatoms. The summed E-state index contributed by atoms with van der Waals surface area (Å²) < 4.78 is -0.238. The lowest BCUT2D eigenvalue weighted by Gasteiger charge is -2.06. The van der Waals surface area contributed by atoms with Gasteiger partial charge in [0.05, 0.1) is 15.9 Å². The number of hydrogen-bond donors (Lipinski definition) is 0. The Morgan fingerprint density at radius 1 is 1.31 bits per heavy atom. The van der Waals surface area contributed by atoms with Gasteiger partial charge in [0, 0.05) is 17.8 Å². The minimum atomic E-state index is -0.368. The van der Waals surface area contributed by atoms with Crippen LogP contribution in [-0.2, 0) is 0 Å². The molecule has 1 heterocycles. The molecule has 0 aliphatic carbocycles. The second-order valence-corrected chi connectivity index (χ2v) is 6.22. The first-order valence-electron chi connectivity index (χ1n) is 4.40. The zero-order chi connectivity index (χ0) is 11.7. The lowest BCUT2D eigenvalue weighted by atomic mass is 10.1. The number of nitro benzene ring substituents is 1. The van der Waals surface area contributed by atoms with E-state index in [2.05, 4.69) is 36.8 Å². The molecular weight excluding hydrogens is 340 g/mol. The first-order valence-corrected chi connectivity index (χ1v) is 6.23. The number of nitrogens with zero attached hydrogens (tertiary/aromatic N) is 2. The molecule has 2 aromatic rings. The van der Waals surface area contributed by atoms with E-state index in [1.165, 1.54) is 0 Å². The minimum Gasteiger partial charge on any atom is -0.264 e. The molecule has 82 valence electrons. The van der Waals surface area contributed by atoms with Crippen LogP contribution in [0.15, 0.2) is 30.6 Å². The van der Waals surface area contributed by atoms with Gasteiger partial charge in [-0.1, -0.05) is 37.9 Å². The van der Waals surface area contributed by atoms with Crippen molar-refractivity contribution in [3.8, 4) is 0 Å². The van der Waals surface area contributed by atoms with Crippen LogP contribution in [0.5, 0.6) is 0 Å². The van der Waals surface area contributed by atoms with Crippen LogP contribution >= 0.6 is 31.9 Å². The molecular formula is C10H6Br2N2O2. The first kappa shape index (κ1) is 11.5. The Morgan fingerprint density at radius 3 is 2.69 bits per heavy atom. The second kappa shape index (κ2) is 4.47. The molecule has 0 saturated carbocycles. The summed E-state index contributed by atoms with van der Waals surface area (Å²) in [6, 6.07) is 5.19. The van der Waals surface area contributed by atoms with Gasteiger partial charge in [0.1, 0.15) is 3.74 Å². The largest absolute Gasteiger partial charge is 0.282 e. The summed E-state index contributed by atoms with van der Waals surface area (Å²) in [5.74, 6) is 0. The number of aromatic nitrogens is 1. The van der Waals surface area contributed by atoms with E-state index >= 15 is 0 Å². The molecule has 0 radical (unpaired) electrons. The topological polar surface area (TPSA) is 56.0 Å². The third kappa shape index (κ3) is 1.94. The van der Waals surface area contributed by atoms with Crippen LogP contribution in [0.1, 0.15) is 9.30 Å². The van der Waals surface area contributed by atoms with Crippen LogP contribution in [-0.4, -0.2) is 9.91 Å². The number of rotatable bonds is 2. The van der Waals surface area contributed by atoms with E-state index in [0.717, 1.165) is 5.39 Å². The van der Waals surface area contributed by atoms with E-state index in [4.69, 9.17) is 0 Å². The third-order valence-corrected chi connectivity index (χ3v) is 3.23. The SMILES string of the molecule is O=[N+]([O-])c1c(C(Br)Br)ccc2cnccc12. The number of nitro groups is 1. The van der Waals surface area contributed by atoms with E-state index in [0.29, 0.717) is 10.9 Å². The van der Waals surface area contributed by atoms with Crippen molar-refractivity contribution >= 4 is 48.3 Å². The predicted octanol–water partition coefficient (Wildman–Crippen LogP) is 3.93. The smallest absolute Gasteiger partial charge is 0.264 e. The lowest BCUT2D eigenvalue weighted by Crippen LogP contribution is -1.96. The Kier molecular flexibility index (Phi) is 3.20. The quantitative estimate of drug-likeness (QED) is 0.470. The maximum atomic E-state index is 11.1. The molecule has 16 heavy (non-hydrogen) atoms. The Balaban J connectivity index is 2.84. The lowest BCUT2D eigenvalue weighted by molar-refractivity contribution is -0.383. The van der Waals surface area contributed by atoms with E-state index in [1.54, 1.807) is 24.5 Å². The highest BCUT2D eigenvalue weighted by atomic mass is 79.9. The normalized spacial score (nSPS) is 10.9. The monoisotopic (exact) mass is 344 g/mol. The van der Waals surface area contributed by atoms with Crippen molar-refractivity contribution in [2.24, 2.45) is 0 Å². The van der Waals surface area contributed by atoms with Gasteiger partial charge in [-0.25, -0.2) is 0 Å². The summed E-state index contributed by atoms with van der Waals surface area (Å²) in [6.45, 7) is 0. The predicted molar refractivity (Wildman–Crippen MR) is 69.0 cm³/mol. The van der Waals surface area contributed by atoms with Gasteiger partial charge in [-0.15, -0.1) is 0 Å². The zero-order valence-corrected chi connectivity index (χ0v) is 11.1. The maximum absolute atomic E-state index is 11.1. The fourth-order valence-electron chi connectivity index (χ4n) is 1.55. The molecule has 0 N–H and O–H groups in total. The van der Waals surface area contributed by atoms with Crippen LogP contribution in [0.2, 0.25) is 0 Å². The molecule has 0 fully saturated rings. The summed E-state index contributed by atoms with van der Waals surface area (Å²) in [5.41, 5.74) is 0.711. The first-order chi connectivity index (χ1) is 7.61. The van der Waals surface area contributed by atoms with Crippen LogP contribution < -0.4 is 0 Å². The number of hydrogen-bond acceptors (Lipinski definition) is 3. The zero-order valence-electron chi connectivity index (χ0n) is 7.93. The van der Waals surface area contributed by atoms with Crippen LogP contribution in [0.25, 0.3) is 10.8 Å². The fraction of sp³-hybridized carbons (Fsp3) is 0.100. The van der Waals surface area contributed by atoms with Crippen LogP contribution in [0.3, 0.4) is 0 Å². The van der Waals surface area contributed by atoms with E-state index in [1.807, 2.05) is 6.07 Å². The molecule has 2 rings (SSSR count). The molecule has 0 bridgehead atoms. The maximum Gasteiger partial charge on any atom is 0.282 e. The van der Waals surface area contributed by atoms with Gasteiger partial charge in [0.15, 0.2) is 0 Å². The van der Waals surface area contributed by atoms with Gasteiger partial charge in [0.25, 0.3) is 5.69 Å². The molecule has 0 amide bonds. The Morgan fingerprint density at radius 2 is 2.06 bits per heavy atom. The molecule has 0 aliphatic rings. The fourth-order valence-corrected chi connectivity index (χ4v) is 2.29. The van der Waals surface area contributed by atoms with Crippen molar-refractivity contribution in [3.63, 3.8) is 0 Å². The highest BCUT2D eigenvalue weighted by molar-refractivity contribution is 9.24. The summed E-state index contributed by atoms with van der Waals surface area (Å²) in [6.07, 6.45) is 3.17. The molecule has 0 spiro atoms. The minimum absolute atomic E-state index is 0.110. The average Bonchev–Trinajstić information content (AvgIpc) is 2.27. The number of alkyl halides is 2. The van der Waals surface area contributed by atoms with E-state index < -0.39 is 0 Å². The number of pyridine rings is 1. The van der Waals surface area contributed by atoms with Gasteiger partial charge in [-0.05, 0) is 12.1 Å². The van der Waals surface area contributed by atoms with E-state index in [-0.39, 0.29) is 14.3 Å². The van der Waals surface area contributed by atoms with Gasteiger partial charge in [-0.2, -0.15) is 0 Å². The number of halogens is 2. The standard InChI is InChI=1S/C10H6Br2N2O2/c11-10(12)8-2-1-6-5-13-4-3-7(6)9(8)14(15)16/h1-5,10H. The van der Waals surface area contributed by atoms with Gasteiger partial charge in [0.2, 0.25) is 0 Å². The van der Waals surface area contributed by atoms with Gasteiger partial charge in [-0.3, -0.25) is 15.1 Å². The molecule has 0 unspecified atom stereocenters. The van der Waals surface area contributed by atoms with Crippen molar-refractivity contribution in [1.29, 1.82) is 0 Å². The third-order valence-electron chi connectivity index (χ3n) is 2.24. The Hall–Kier alpha value is -1.01. The Labute approximate surface area is 108 Å². The number of benzene rings is 1. The molecule has 1 aromatic carbocycles. The second-order valence-electron chi connectivity index (χ2n) is 3.16. The number of fused-ring (bicyclic) bond motifs is 1. The van der Waals surface area contributed by atoms with Crippen molar-refractivity contribution in [2.45, 2.75) is 3.74 Å². The average molecular weight is 346 g/mol. The van der Waals surface area contributed by atoms with Crippen molar-refractivity contribution in [3.05, 3.63) is 46.3 Å². The highest BCUT2D eigenvalue weighted by Crippen LogP contribution is 2.39. The van der Waals surface area contributed by atoms with Crippen LogP contribution in [0.4, 0.5) is 5.69 Å². The molecule has 4 nitrogen and oxygen atoms in total. The molecule has 0 saturated heterocycles. The summed E-state index contributed by atoms with van der Waals surface area (Å²) in [7, 11) is 0. The van der Waals surface area contributed by atoms with Gasteiger partial charge < -0.3 is 0 Å². The Bertz CT molecular complexity index is 558. The van der Waals surface area contributed by atoms with Crippen molar-refractivity contribution in [2.75, 3.05) is 0 Å². The molecule has 0 atom stereocenters. The molecule has 1 aromatic heterocycles.